The molecule has 0 aliphatic carbocycles. The van der Waals surface area contributed by atoms with E-state index < -0.39 is 10.0 Å². The molecule has 1 heterocycles. The van der Waals surface area contributed by atoms with Crippen LogP contribution in [0.2, 0.25) is 0 Å². The number of hydrogen-bond acceptors (Lipinski definition) is 7. The lowest BCUT2D eigenvalue weighted by molar-refractivity contribution is -0.110. The molecule has 0 atom stereocenters. The van der Waals surface area contributed by atoms with Crippen LogP contribution in [-0.2, 0) is 14.8 Å². The zero-order chi connectivity index (χ0) is 24.9. The van der Waals surface area contributed by atoms with Crippen molar-refractivity contribution in [2.24, 2.45) is 0 Å². The number of likely N-dealkylation sites (N-methyl/N-ethyl adjacent to an activating group) is 1. The second-order valence-electron chi connectivity index (χ2n) is 7.77. The number of nitrogens with one attached hydrogen (secondary N) is 3. The summed E-state index contributed by atoms with van der Waals surface area (Å²) >= 11 is 0. The van der Waals surface area contributed by atoms with E-state index in [2.05, 4.69) is 16.0 Å². The van der Waals surface area contributed by atoms with Crippen molar-refractivity contribution in [2.45, 2.75) is 20.3 Å². The molecule has 0 unspecified atom stereocenters. The fraction of sp³-hybridized carbons (Fsp3) is 0.375. The highest BCUT2D eigenvalue weighted by atomic mass is 32.2. The van der Waals surface area contributed by atoms with Crippen LogP contribution in [0.4, 0.5) is 17.1 Å². The maximum atomic E-state index is 12.8. The second kappa shape index (κ2) is 10.8. The fourth-order valence-corrected chi connectivity index (χ4v) is 4.78. The first-order valence-electron chi connectivity index (χ1n) is 11.1. The average molecular weight is 489 g/mol. The normalized spacial score (nSPS) is 14.3. The number of methoxy groups -OCH3 is 2. The van der Waals surface area contributed by atoms with Gasteiger partial charge in [-0.2, -0.15) is 0 Å². The SMILES string of the molecule is CCNCCN(c1ccc(N/C(CC)=C2\C(=O)Nc3cc(OC)c(OC)cc32)cc1)S(C)(=O)=O. The Labute approximate surface area is 201 Å². The van der Waals surface area contributed by atoms with Gasteiger partial charge in [-0.15, -0.1) is 0 Å². The van der Waals surface area contributed by atoms with E-state index >= 15 is 0 Å². The highest BCUT2D eigenvalue weighted by molar-refractivity contribution is 7.92. The van der Waals surface area contributed by atoms with Gasteiger partial charge in [0, 0.05) is 36.1 Å². The molecule has 0 bridgehead atoms. The predicted molar refractivity (Wildman–Crippen MR) is 136 cm³/mol. The fourth-order valence-electron chi connectivity index (χ4n) is 3.85. The van der Waals surface area contributed by atoms with E-state index in [-0.39, 0.29) is 5.91 Å². The van der Waals surface area contributed by atoms with Crippen molar-refractivity contribution in [3.05, 3.63) is 47.7 Å². The summed E-state index contributed by atoms with van der Waals surface area (Å²) in [5.41, 5.74) is 3.99. The molecule has 1 aliphatic rings. The molecule has 3 rings (SSSR count). The molecule has 1 amide bonds. The largest absolute Gasteiger partial charge is 0.493 e. The first kappa shape index (κ1) is 25.4. The Morgan fingerprint density at radius 3 is 2.26 bits per heavy atom. The standard InChI is InChI=1S/C24H32N4O5S/c1-6-19(23-18-14-21(32-3)22(33-4)15-20(18)27-24(23)29)26-16-8-10-17(11-9-16)28(34(5,30)31)13-12-25-7-2/h8-11,14-15,25-26H,6-7,12-13H2,1-5H3,(H,27,29)/b23-19-. The molecule has 0 saturated carbocycles. The number of anilines is 3. The Morgan fingerprint density at radius 1 is 1.06 bits per heavy atom. The lowest BCUT2D eigenvalue weighted by Crippen LogP contribution is -2.36. The number of benzene rings is 2. The maximum absolute atomic E-state index is 12.8. The van der Waals surface area contributed by atoms with Gasteiger partial charge in [0.15, 0.2) is 11.5 Å². The van der Waals surface area contributed by atoms with Crippen LogP contribution in [0.3, 0.4) is 0 Å². The van der Waals surface area contributed by atoms with Crippen LogP contribution in [0.1, 0.15) is 25.8 Å². The number of fused-ring (bicyclic) bond motifs is 1. The Balaban J connectivity index is 1.91. The molecule has 34 heavy (non-hydrogen) atoms. The number of carbonyl (C=O) groups excluding carboxylic acids is 1. The van der Waals surface area contributed by atoms with Crippen LogP contribution < -0.4 is 29.7 Å². The molecule has 2 aromatic carbocycles. The van der Waals surface area contributed by atoms with Crippen LogP contribution in [0.5, 0.6) is 11.5 Å². The molecule has 2 aromatic rings. The Hall–Kier alpha value is -3.24. The van der Waals surface area contributed by atoms with Gasteiger partial charge in [0.2, 0.25) is 10.0 Å². The highest BCUT2D eigenvalue weighted by Gasteiger charge is 2.29. The molecule has 0 radical (unpaired) electrons. The molecule has 0 saturated heterocycles. The third kappa shape index (κ3) is 5.45. The number of sulfonamides is 1. The average Bonchev–Trinajstić information content (AvgIpc) is 3.13. The zero-order valence-corrected chi connectivity index (χ0v) is 21.0. The van der Waals surface area contributed by atoms with E-state index in [0.29, 0.717) is 48.0 Å². The first-order chi connectivity index (χ1) is 16.2. The summed E-state index contributed by atoms with van der Waals surface area (Å²) in [4.78, 5) is 12.8. The number of allylic oxidation sites excluding steroid dienone is 1. The predicted octanol–water partition coefficient (Wildman–Crippen LogP) is 3.26. The Bertz CT molecular complexity index is 1180. The topological polar surface area (TPSA) is 109 Å². The summed E-state index contributed by atoms with van der Waals surface area (Å²) in [5, 5.41) is 9.36. The van der Waals surface area contributed by atoms with E-state index in [1.54, 1.807) is 50.6 Å². The second-order valence-corrected chi connectivity index (χ2v) is 9.68. The maximum Gasteiger partial charge on any atom is 0.258 e. The molecule has 0 fully saturated rings. The zero-order valence-electron chi connectivity index (χ0n) is 20.2. The van der Waals surface area contributed by atoms with Gasteiger partial charge >= 0.3 is 0 Å². The molecular formula is C24H32N4O5S. The van der Waals surface area contributed by atoms with Gasteiger partial charge in [0.25, 0.3) is 5.91 Å². The van der Waals surface area contributed by atoms with Crippen LogP contribution >= 0.6 is 0 Å². The summed E-state index contributed by atoms with van der Waals surface area (Å²) in [7, 11) is -0.317. The molecule has 10 heteroatoms. The van der Waals surface area contributed by atoms with Crippen LogP contribution in [-0.4, -0.2) is 54.4 Å². The van der Waals surface area contributed by atoms with Gasteiger partial charge < -0.3 is 25.4 Å². The van der Waals surface area contributed by atoms with E-state index in [9.17, 15) is 13.2 Å². The van der Waals surface area contributed by atoms with Gasteiger partial charge in [-0.3, -0.25) is 9.10 Å². The van der Waals surface area contributed by atoms with E-state index in [1.165, 1.54) is 10.6 Å². The Kier molecular flexibility index (Phi) is 8.06. The minimum Gasteiger partial charge on any atom is -0.493 e. The van der Waals surface area contributed by atoms with Crippen molar-refractivity contribution in [3.63, 3.8) is 0 Å². The molecule has 9 nitrogen and oxygen atoms in total. The van der Waals surface area contributed by atoms with Crippen molar-refractivity contribution >= 4 is 38.6 Å². The third-order valence-electron chi connectivity index (χ3n) is 5.52. The van der Waals surface area contributed by atoms with Gasteiger partial charge in [-0.25, -0.2) is 8.42 Å². The quantitative estimate of drug-likeness (QED) is 0.329. The molecule has 0 spiro atoms. The molecule has 3 N–H and O–H groups in total. The Morgan fingerprint density at radius 2 is 1.71 bits per heavy atom. The molecule has 0 aromatic heterocycles. The lowest BCUT2D eigenvalue weighted by atomic mass is 10.0. The number of ether oxygens (including phenoxy) is 2. The van der Waals surface area contributed by atoms with Crippen molar-refractivity contribution < 1.29 is 22.7 Å². The molecule has 1 aliphatic heterocycles. The lowest BCUT2D eigenvalue weighted by Gasteiger charge is -2.23. The van der Waals surface area contributed by atoms with Gasteiger partial charge in [0.05, 0.1) is 37.4 Å². The minimum atomic E-state index is -3.42. The summed E-state index contributed by atoms with van der Waals surface area (Å²) < 4.78 is 36.7. The highest BCUT2D eigenvalue weighted by Crippen LogP contribution is 2.42. The van der Waals surface area contributed by atoms with Crippen LogP contribution in [0, 0.1) is 0 Å². The summed E-state index contributed by atoms with van der Waals surface area (Å²) in [6.45, 7) is 5.59. The molecule has 184 valence electrons. The van der Waals surface area contributed by atoms with E-state index in [1.807, 2.05) is 13.8 Å². The van der Waals surface area contributed by atoms with Crippen LogP contribution in [0.25, 0.3) is 5.57 Å². The van der Waals surface area contributed by atoms with Crippen molar-refractivity contribution in [3.8, 4) is 11.5 Å². The number of carbonyl (C=O) groups is 1. The van der Waals surface area contributed by atoms with Gasteiger partial charge in [-0.05, 0) is 43.3 Å². The summed E-state index contributed by atoms with van der Waals surface area (Å²) in [6.07, 6.45) is 1.78. The van der Waals surface area contributed by atoms with Crippen LogP contribution in [0.15, 0.2) is 42.1 Å². The smallest absolute Gasteiger partial charge is 0.258 e. The summed E-state index contributed by atoms with van der Waals surface area (Å²) in [6, 6.07) is 10.6. The third-order valence-corrected chi connectivity index (χ3v) is 6.71. The first-order valence-corrected chi connectivity index (χ1v) is 12.9. The van der Waals surface area contributed by atoms with Crippen molar-refractivity contribution in [1.29, 1.82) is 0 Å². The number of hydrogen-bond donors (Lipinski definition) is 3. The monoisotopic (exact) mass is 488 g/mol. The minimum absolute atomic E-state index is 0.210. The van der Waals surface area contributed by atoms with Gasteiger partial charge in [0.1, 0.15) is 0 Å². The number of rotatable bonds is 11. The van der Waals surface area contributed by atoms with Crippen molar-refractivity contribution in [1.82, 2.24) is 5.32 Å². The van der Waals surface area contributed by atoms with Gasteiger partial charge in [-0.1, -0.05) is 13.8 Å². The van der Waals surface area contributed by atoms with E-state index in [0.717, 1.165) is 23.5 Å². The van der Waals surface area contributed by atoms with E-state index in [4.69, 9.17) is 9.47 Å². The van der Waals surface area contributed by atoms with Crippen molar-refractivity contribution in [2.75, 3.05) is 55.0 Å². The number of nitrogens with zero attached hydrogens (tertiary/aromatic N) is 1. The number of amides is 1. The molecular weight excluding hydrogens is 456 g/mol. The summed E-state index contributed by atoms with van der Waals surface area (Å²) in [5.74, 6) is 0.861.